The molecule has 0 atom stereocenters. The molecule has 0 saturated carbocycles. The lowest BCUT2D eigenvalue weighted by Crippen LogP contribution is -2.19. The van der Waals surface area contributed by atoms with Crippen molar-refractivity contribution in [3.8, 4) is 11.8 Å². The van der Waals surface area contributed by atoms with Gasteiger partial charge >= 0.3 is 5.69 Å². The van der Waals surface area contributed by atoms with Gasteiger partial charge in [0, 0.05) is 6.92 Å². The van der Waals surface area contributed by atoms with Crippen molar-refractivity contribution in [2.75, 3.05) is 6.54 Å². The smallest absolute Gasteiger partial charge is 0.320 e. The van der Waals surface area contributed by atoms with Gasteiger partial charge in [0.25, 0.3) is 0 Å². The fourth-order valence-electron chi connectivity index (χ4n) is 1.11. The number of nitro groups is 1. The third-order valence-corrected chi connectivity index (χ3v) is 1.82. The van der Waals surface area contributed by atoms with Crippen molar-refractivity contribution < 1.29 is 14.1 Å². The van der Waals surface area contributed by atoms with Crippen LogP contribution in [0.2, 0.25) is 0 Å². The fourth-order valence-corrected chi connectivity index (χ4v) is 1.11. The van der Waals surface area contributed by atoms with Crippen molar-refractivity contribution in [2.45, 2.75) is 6.92 Å². The first-order valence-corrected chi connectivity index (χ1v) is 4.68. The molecule has 6 heteroatoms. The Bertz CT molecular complexity index is 517. The maximum atomic E-state index is 13.2. The minimum Gasteiger partial charge on any atom is -0.345 e. The molecule has 0 bridgehead atoms. The van der Waals surface area contributed by atoms with Gasteiger partial charge in [-0.05, 0) is 12.1 Å². The highest BCUT2D eigenvalue weighted by atomic mass is 19.1. The van der Waals surface area contributed by atoms with Crippen LogP contribution in [-0.4, -0.2) is 17.4 Å². The van der Waals surface area contributed by atoms with Crippen LogP contribution in [0.3, 0.4) is 0 Å². The monoisotopic (exact) mass is 236 g/mol. The second-order valence-corrected chi connectivity index (χ2v) is 3.10. The van der Waals surface area contributed by atoms with E-state index in [4.69, 9.17) is 0 Å². The van der Waals surface area contributed by atoms with E-state index < -0.39 is 16.4 Å². The van der Waals surface area contributed by atoms with Crippen LogP contribution in [0.15, 0.2) is 18.2 Å². The van der Waals surface area contributed by atoms with Gasteiger partial charge in [-0.15, -0.1) is 0 Å². The molecule has 1 rings (SSSR count). The number of hydrogen-bond acceptors (Lipinski definition) is 3. The van der Waals surface area contributed by atoms with Crippen molar-refractivity contribution in [3.05, 3.63) is 39.7 Å². The number of hydrogen-bond donors (Lipinski definition) is 1. The van der Waals surface area contributed by atoms with Crippen LogP contribution >= 0.6 is 0 Å². The highest BCUT2D eigenvalue weighted by Gasteiger charge is 2.17. The number of nitrogens with one attached hydrogen (secondary N) is 1. The zero-order chi connectivity index (χ0) is 12.8. The molecular weight excluding hydrogens is 227 g/mol. The Balaban J connectivity index is 2.94. The third kappa shape index (κ3) is 3.57. The summed E-state index contributed by atoms with van der Waals surface area (Å²) in [4.78, 5) is 20.3. The Morgan fingerprint density at radius 1 is 1.59 bits per heavy atom. The molecule has 0 heterocycles. The first-order chi connectivity index (χ1) is 8.02. The average Bonchev–Trinajstić information content (AvgIpc) is 2.23. The normalized spacial score (nSPS) is 9.06. The number of amides is 1. The molecule has 0 fully saturated rings. The molecule has 0 radical (unpaired) electrons. The maximum Gasteiger partial charge on any atom is 0.320 e. The summed E-state index contributed by atoms with van der Waals surface area (Å²) in [6.07, 6.45) is 0. The number of halogens is 1. The lowest BCUT2D eigenvalue weighted by molar-refractivity contribution is -0.387. The van der Waals surface area contributed by atoms with Crippen LogP contribution in [0.1, 0.15) is 12.5 Å². The summed E-state index contributed by atoms with van der Waals surface area (Å²) in [5.74, 6) is 3.76. The first-order valence-electron chi connectivity index (χ1n) is 4.68. The van der Waals surface area contributed by atoms with Crippen molar-refractivity contribution >= 4 is 11.6 Å². The van der Waals surface area contributed by atoms with Gasteiger partial charge in [-0.1, -0.05) is 17.9 Å². The molecular formula is C11H9FN2O3. The van der Waals surface area contributed by atoms with E-state index in [1.54, 1.807) is 0 Å². The molecule has 0 aromatic heterocycles. The van der Waals surface area contributed by atoms with Crippen molar-refractivity contribution in [1.82, 2.24) is 5.32 Å². The van der Waals surface area contributed by atoms with Crippen LogP contribution in [0.5, 0.6) is 0 Å². The molecule has 0 saturated heterocycles. The third-order valence-electron chi connectivity index (χ3n) is 1.82. The molecule has 0 aliphatic rings. The van der Waals surface area contributed by atoms with Gasteiger partial charge in [0.1, 0.15) is 5.56 Å². The van der Waals surface area contributed by atoms with Crippen LogP contribution in [0.25, 0.3) is 0 Å². The molecule has 1 N–H and O–H groups in total. The highest BCUT2D eigenvalue weighted by molar-refractivity contribution is 5.73. The predicted octanol–water partition coefficient (Wildman–Crippen LogP) is 1.22. The predicted molar refractivity (Wildman–Crippen MR) is 58.6 cm³/mol. The minimum atomic E-state index is -0.929. The van der Waals surface area contributed by atoms with E-state index in [1.807, 2.05) is 0 Å². The SMILES string of the molecule is CC(=O)NCC#Cc1cccc(F)c1[N+](=O)[O-]. The van der Waals surface area contributed by atoms with Gasteiger partial charge < -0.3 is 5.32 Å². The molecule has 0 aliphatic carbocycles. The number of nitro benzene ring substituents is 1. The van der Waals surface area contributed by atoms with E-state index in [0.717, 1.165) is 6.07 Å². The van der Waals surface area contributed by atoms with E-state index in [9.17, 15) is 19.3 Å². The van der Waals surface area contributed by atoms with E-state index >= 15 is 0 Å². The first kappa shape index (κ1) is 12.6. The number of carbonyl (C=O) groups excluding carboxylic acids is 1. The van der Waals surface area contributed by atoms with Crippen molar-refractivity contribution in [1.29, 1.82) is 0 Å². The number of nitrogens with zero attached hydrogens (tertiary/aromatic N) is 1. The van der Waals surface area contributed by atoms with Crippen LogP contribution < -0.4 is 5.32 Å². The Labute approximate surface area is 96.8 Å². The standard InChI is InChI=1S/C11H9FN2O3/c1-8(15)13-7-3-5-9-4-2-6-10(12)11(9)14(16)17/h2,4,6H,7H2,1H3,(H,13,15). The highest BCUT2D eigenvalue weighted by Crippen LogP contribution is 2.20. The van der Waals surface area contributed by atoms with Gasteiger partial charge in [-0.2, -0.15) is 4.39 Å². The zero-order valence-electron chi connectivity index (χ0n) is 8.99. The quantitative estimate of drug-likeness (QED) is 0.476. The van der Waals surface area contributed by atoms with Gasteiger partial charge in [0.15, 0.2) is 0 Å². The van der Waals surface area contributed by atoms with Gasteiger partial charge in [0.2, 0.25) is 11.7 Å². The summed E-state index contributed by atoms with van der Waals surface area (Å²) >= 11 is 0. The molecule has 17 heavy (non-hydrogen) atoms. The van der Waals surface area contributed by atoms with E-state index in [1.165, 1.54) is 19.1 Å². The summed E-state index contributed by atoms with van der Waals surface area (Å²) in [6, 6.07) is 3.68. The summed E-state index contributed by atoms with van der Waals surface area (Å²) in [5, 5.41) is 13.0. The Hall–Kier alpha value is -2.42. The Morgan fingerprint density at radius 3 is 2.88 bits per heavy atom. The molecule has 88 valence electrons. The largest absolute Gasteiger partial charge is 0.345 e. The van der Waals surface area contributed by atoms with Crippen LogP contribution in [0, 0.1) is 27.8 Å². The lowest BCUT2D eigenvalue weighted by atomic mass is 10.2. The van der Waals surface area contributed by atoms with Crippen LogP contribution in [-0.2, 0) is 4.79 Å². The summed E-state index contributed by atoms with van der Waals surface area (Å²) in [6.45, 7) is 1.38. The molecule has 1 amide bonds. The number of para-hydroxylation sites is 1. The summed E-state index contributed by atoms with van der Waals surface area (Å²) < 4.78 is 13.2. The van der Waals surface area contributed by atoms with Crippen LogP contribution in [0.4, 0.5) is 10.1 Å². The number of rotatable bonds is 2. The molecule has 1 aromatic rings. The van der Waals surface area contributed by atoms with Gasteiger partial charge in [-0.25, -0.2) is 0 Å². The van der Waals surface area contributed by atoms with Crippen molar-refractivity contribution in [2.24, 2.45) is 0 Å². The minimum absolute atomic E-state index is 0.0136. The molecule has 0 spiro atoms. The summed E-state index contributed by atoms with van der Waals surface area (Å²) in [7, 11) is 0. The van der Waals surface area contributed by atoms with Crippen molar-refractivity contribution in [3.63, 3.8) is 0 Å². The fraction of sp³-hybridized carbons (Fsp3) is 0.182. The molecule has 0 aliphatic heterocycles. The zero-order valence-corrected chi connectivity index (χ0v) is 8.99. The number of carbonyl (C=O) groups is 1. The second kappa shape index (κ2) is 5.61. The van der Waals surface area contributed by atoms with E-state index in [-0.39, 0.29) is 18.0 Å². The number of benzene rings is 1. The topological polar surface area (TPSA) is 72.2 Å². The summed E-state index contributed by atoms with van der Waals surface area (Å²) in [5.41, 5.74) is -0.664. The Morgan fingerprint density at radius 2 is 2.29 bits per heavy atom. The second-order valence-electron chi connectivity index (χ2n) is 3.10. The van der Waals surface area contributed by atoms with Gasteiger partial charge in [-0.3, -0.25) is 14.9 Å². The Kier molecular flexibility index (Phi) is 4.17. The molecule has 0 unspecified atom stereocenters. The molecule has 5 nitrogen and oxygen atoms in total. The maximum absolute atomic E-state index is 13.2. The molecule has 1 aromatic carbocycles. The lowest BCUT2D eigenvalue weighted by Gasteiger charge is -1.96. The average molecular weight is 236 g/mol. The van der Waals surface area contributed by atoms with E-state index in [0.29, 0.717) is 0 Å². The van der Waals surface area contributed by atoms with Gasteiger partial charge in [0.05, 0.1) is 11.5 Å². The van der Waals surface area contributed by atoms with E-state index in [2.05, 4.69) is 17.2 Å².